The summed E-state index contributed by atoms with van der Waals surface area (Å²) >= 11 is 0. The zero-order valence-electron chi connectivity index (χ0n) is 9.99. The molecule has 0 spiro atoms. The lowest BCUT2D eigenvalue weighted by Crippen LogP contribution is -2.22. The minimum atomic E-state index is -0.383. The molecule has 1 aromatic carbocycles. The van der Waals surface area contributed by atoms with E-state index in [9.17, 15) is 4.39 Å². The van der Waals surface area contributed by atoms with Gasteiger partial charge in [-0.05, 0) is 44.5 Å². The summed E-state index contributed by atoms with van der Waals surface area (Å²) in [4.78, 5) is 2.41. The number of likely N-dealkylation sites (tertiary alicyclic amines) is 1. The van der Waals surface area contributed by atoms with E-state index in [2.05, 4.69) is 4.90 Å². The molecular weight excluding hydrogens is 219 g/mol. The predicted octanol–water partition coefficient (Wildman–Crippen LogP) is 2.27. The molecular formula is C13H19FN2O. The molecule has 1 aliphatic heterocycles. The fourth-order valence-corrected chi connectivity index (χ4v) is 2.15. The first kappa shape index (κ1) is 12.2. The summed E-state index contributed by atoms with van der Waals surface area (Å²) in [6.45, 7) is 3.90. The molecule has 4 heteroatoms. The fraction of sp³-hybridized carbons (Fsp3) is 0.538. The van der Waals surface area contributed by atoms with Gasteiger partial charge in [0.1, 0.15) is 0 Å². The van der Waals surface area contributed by atoms with Crippen molar-refractivity contribution in [2.75, 3.05) is 32.0 Å². The molecule has 0 atom stereocenters. The van der Waals surface area contributed by atoms with Crippen molar-refractivity contribution in [1.82, 2.24) is 4.90 Å². The second-order valence-corrected chi connectivity index (χ2v) is 4.41. The van der Waals surface area contributed by atoms with Crippen LogP contribution >= 0.6 is 0 Å². The first-order chi connectivity index (χ1) is 8.27. The topological polar surface area (TPSA) is 38.5 Å². The van der Waals surface area contributed by atoms with Crippen molar-refractivity contribution in [3.8, 4) is 5.75 Å². The van der Waals surface area contributed by atoms with Crippen LogP contribution in [0.4, 0.5) is 10.1 Å². The van der Waals surface area contributed by atoms with Gasteiger partial charge in [0.25, 0.3) is 0 Å². The van der Waals surface area contributed by atoms with E-state index in [1.165, 1.54) is 32.0 Å². The highest BCUT2D eigenvalue weighted by atomic mass is 19.1. The lowest BCUT2D eigenvalue weighted by molar-refractivity contribution is 0.257. The van der Waals surface area contributed by atoms with Crippen LogP contribution < -0.4 is 10.5 Å². The van der Waals surface area contributed by atoms with Crippen LogP contribution in [0.5, 0.6) is 5.75 Å². The minimum Gasteiger partial charge on any atom is -0.488 e. The number of hydrogen-bond acceptors (Lipinski definition) is 3. The van der Waals surface area contributed by atoms with E-state index in [1.54, 1.807) is 12.1 Å². The smallest absolute Gasteiger partial charge is 0.177 e. The molecule has 0 aliphatic carbocycles. The Kier molecular flexibility index (Phi) is 4.20. The van der Waals surface area contributed by atoms with Crippen LogP contribution in [-0.2, 0) is 0 Å². The van der Waals surface area contributed by atoms with Crippen LogP contribution in [0.1, 0.15) is 19.3 Å². The van der Waals surface area contributed by atoms with Gasteiger partial charge in [-0.25, -0.2) is 4.39 Å². The largest absolute Gasteiger partial charge is 0.488 e. The first-order valence-electron chi connectivity index (χ1n) is 6.16. The Morgan fingerprint density at radius 1 is 1.29 bits per heavy atom. The van der Waals surface area contributed by atoms with Crippen molar-refractivity contribution in [3.63, 3.8) is 0 Å². The third kappa shape index (κ3) is 3.33. The van der Waals surface area contributed by atoms with E-state index < -0.39 is 0 Å². The quantitative estimate of drug-likeness (QED) is 0.631. The lowest BCUT2D eigenvalue weighted by Gasteiger charge is -2.15. The Balaban J connectivity index is 1.74. The molecule has 1 fully saturated rings. The highest BCUT2D eigenvalue weighted by Crippen LogP contribution is 2.24. The van der Waals surface area contributed by atoms with Crippen molar-refractivity contribution in [3.05, 3.63) is 24.0 Å². The second-order valence-electron chi connectivity index (χ2n) is 4.41. The fourth-order valence-electron chi connectivity index (χ4n) is 2.15. The van der Waals surface area contributed by atoms with Crippen molar-refractivity contribution >= 4 is 5.69 Å². The van der Waals surface area contributed by atoms with E-state index in [0.717, 1.165) is 13.0 Å². The van der Waals surface area contributed by atoms with Gasteiger partial charge in [-0.15, -0.1) is 0 Å². The summed E-state index contributed by atoms with van der Waals surface area (Å²) in [5.74, 6) is -0.194. The summed E-state index contributed by atoms with van der Waals surface area (Å²) in [5, 5.41) is 0. The van der Waals surface area contributed by atoms with Gasteiger partial charge in [0.2, 0.25) is 0 Å². The summed E-state index contributed by atoms with van der Waals surface area (Å²) in [6, 6.07) is 4.60. The molecule has 1 aliphatic rings. The number of nitrogen functional groups attached to an aromatic ring is 1. The van der Waals surface area contributed by atoms with E-state index in [-0.39, 0.29) is 11.6 Å². The van der Waals surface area contributed by atoms with Gasteiger partial charge in [0.15, 0.2) is 11.6 Å². The number of anilines is 1. The number of ether oxygens (including phenoxy) is 1. The second kappa shape index (κ2) is 5.87. The van der Waals surface area contributed by atoms with Crippen molar-refractivity contribution < 1.29 is 9.13 Å². The Labute approximate surface area is 101 Å². The molecule has 1 aromatic rings. The Bertz CT molecular complexity index is 344. The first-order valence-corrected chi connectivity index (χ1v) is 6.16. The molecule has 0 bridgehead atoms. The van der Waals surface area contributed by atoms with Gasteiger partial charge in [-0.3, -0.25) is 0 Å². The van der Waals surface area contributed by atoms with Gasteiger partial charge in [-0.2, -0.15) is 0 Å². The van der Waals surface area contributed by atoms with Gasteiger partial charge < -0.3 is 15.4 Å². The highest BCUT2D eigenvalue weighted by Gasteiger charge is 2.11. The van der Waals surface area contributed by atoms with Gasteiger partial charge in [-0.1, -0.05) is 6.07 Å². The monoisotopic (exact) mass is 238 g/mol. The molecule has 2 N–H and O–H groups in total. The Hall–Kier alpha value is -1.29. The number of hydrogen-bond donors (Lipinski definition) is 1. The molecule has 94 valence electrons. The van der Waals surface area contributed by atoms with Crippen LogP contribution in [-0.4, -0.2) is 31.1 Å². The van der Waals surface area contributed by atoms with Gasteiger partial charge >= 0.3 is 0 Å². The molecule has 3 nitrogen and oxygen atoms in total. The molecule has 1 saturated heterocycles. The number of nitrogens with zero attached hydrogens (tertiary/aromatic N) is 1. The average molecular weight is 238 g/mol. The summed E-state index contributed by atoms with van der Waals surface area (Å²) in [5.41, 5.74) is 6.02. The summed E-state index contributed by atoms with van der Waals surface area (Å²) < 4.78 is 18.8. The van der Waals surface area contributed by atoms with Crippen LogP contribution in [0.15, 0.2) is 18.2 Å². The van der Waals surface area contributed by atoms with Crippen molar-refractivity contribution in [1.29, 1.82) is 0 Å². The van der Waals surface area contributed by atoms with Crippen molar-refractivity contribution in [2.24, 2.45) is 0 Å². The predicted molar refractivity (Wildman–Crippen MR) is 66.6 cm³/mol. The Morgan fingerprint density at radius 3 is 2.76 bits per heavy atom. The average Bonchev–Trinajstić information content (AvgIpc) is 2.80. The molecule has 0 saturated carbocycles. The number of nitrogens with two attached hydrogens (primary N) is 1. The SMILES string of the molecule is Nc1cccc(F)c1OCCCN1CCCC1. The molecule has 0 radical (unpaired) electrons. The van der Waals surface area contributed by atoms with E-state index in [4.69, 9.17) is 10.5 Å². The third-order valence-electron chi connectivity index (χ3n) is 3.06. The normalized spacial score (nSPS) is 16.3. The maximum absolute atomic E-state index is 13.4. The number of para-hydroxylation sites is 1. The van der Waals surface area contributed by atoms with Crippen molar-refractivity contribution in [2.45, 2.75) is 19.3 Å². The van der Waals surface area contributed by atoms with Crippen LogP contribution in [0.25, 0.3) is 0 Å². The summed E-state index contributed by atoms with van der Waals surface area (Å²) in [6.07, 6.45) is 3.50. The molecule has 17 heavy (non-hydrogen) atoms. The minimum absolute atomic E-state index is 0.189. The lowest BCUT2D eigenvalue weighted by atomic mass is 10.3. The zero-order valence-corrected chi connectivity index (χ0v) is 9.99. The number of rotatable bonds is 5. The molecule has 2 rings (SSSR count). The van der Waals surface area contributed by atoms with Crippen LogP contribution in [0.2, 0.25) is 0 Å². The maximum atomic E-state index is 13.4. The molecule has 0 unspecified atom stereocenters. The number of benzene rings is 1. The third-order valence-corrected chi connectivity index (χ3v) is 3.06. The van der Waals surface area contributed by atoms with Gasteiger partial charge in [0, 0.05) is 6.54 Å². The Morgan fingerprint density at radius 2 is 2.06 bits per heavy atom. The van der Waals surface area contributed by atoms with E-state index >= 15 is 0 Å². The number of halogens is 1. The standard InChI is InChI=1S/C13H19FN2O/c14-11-5-3-6-12(15)13(11)17-10-4-9-16-7-1-2-8-16/h3,5-6H,1-2,4,7-10,15H2. The highest BCUT2D eigenvalue weighted by molar-refractivity contribution is 5.52. The van der Waals surface area contributed by atoms with E-state index in [1.807, 2.05) is 0 Å². The zero-order chi connectivity index (χ0) is 12.1. The maximum Gasteiger partial charge on any atom is 0.177 e. The van der Waals surface area contributed by atoms with Gasteiger partial charge in [0.05, 0.1) is 12.3 Å². The molecule has 0 amide bonds. The molecule has 0 aromatic heterocycles. The van der Waals surface area contributed by atoms with Crippen LogP contribution in [0, 0.1) is 5.82 Å². The van der Waals surface area contributed by atoms with Crippen LogP contribution in [0.3, 0.4) is 0 Å². The summed E-state index contributed by atoms with van der Waals surface area (Å²) in [7, 11) is 0. The van der Waals surface area contributed by atoms with E-state index in [0.29, 0.717) is 12.3 Å². The molecule has 1 heterocycles.